The van der Waals surface area contributed by atoms with E-state index in [1.165, 1.54) is 5.56 Å². The van der Waals surface area contributed by atoms with Gasteiger partial charge in [0.1, 0.15) is 0 Å². The van der Waals surface area contributed by atoms with Gasteiger partial charge < -0.3 is 0 Å². The highest BCUT2D eigenvalue weighted by Gasteiger charge is 1.94. The molecule has 0 fully saturated rings. The molecule has 0 aliphatic carbocycles. The van der Waals surface area contributed by atoms with Crippen molar-refractivity contribution >= 4 is 6.08 Å². The Morgan fingerprint density at radius 3 is 2.57 bits per heavy atom. The minimum Gasteiger partial charge on any atom is -0.103 e. The van der Waals surface area contributed by atoms with Gasteiger partial charge in [0.25, 0.3) is 0 Å². The first-order valence-electron chi connectivity index (χ1n) is 5.15. The molecule has 0 nitrogen and oxygen atoms in total. The molecule has 0 heterocycles. The normalized spacial score (nSPS) is 12.9. The third-order valence-corrected chi connectivity index (χ3v) is 2.22. The van der Waals surface area contributed by atoms with Crippen molar-refractivity contribution in [2.75, 3.05) is 0 Å². The van der Waals surface area contributed by atoms with Crippen molar-refractivity contribution < 1.29 is 0 Å². The van der Waals surface area contributed by atoms with E-state index in [-0.39, 0.29) is 0 Å². The molecule has 0 amide bonds. The Balaban J connectivity index is 2.37. The van der Waals surface area contributed by atoms with Gasteiger partial charge >= 0.3 is 0 Å². The molecule has 0 heteroatoms. The topological polar surface area (TPSA) is 0 Å². The van der Waals surface area contributed by atoms with E-state index >= 15 is 0 Å². The SMILES string of the molecule is C=CCC(C)C/C=C/c1ccccc1. The quantitative estimate of drug-likeness (QED) is 0.601. The van der Waals surface area contributed by atoms with Crippen LogP contribution in [0.3, 0.4) is 0 Å². The van der Waals surface area contributed by atoms with Crippen LogP contribution in [0.25, 0.3) is 6.08 Å². The Bertz CT molecular complexity index is 282. The maximum absolute atomic E-state index is 3.74. The van der Waals surface area contributed by atoms with Gasteiger partial charge in [-0.15, -0.1) is 6.58 Å². The standard InChI is InChI=1S/C14H18/c1-3-8-13(2)9-7-12-14-10-5-4-6-11-14/h3-7,10-13H,1,8-9H2,2H3/b12-7+. The van der Waals surface area contributed by atoms with E-state index in [2.05, 4.69) is 49.9 Å². The van der Waals surface area contributed by atoms with E-state index < -0.39 is 0 Å². The molecule has 0 saturated carbocycles. The Labute approximate surface area is 87.0 Å². The molecular weight excluding hydrogens is 168 g/mol. The van der Waals surface area contributed by atoms with Crippen molar-refractivity contribution in [2.24, 2.45) is 5.92 Å². The summed E-state index contributed by atoms with van der Waals surface area (Å²) < 4.78 is 0. The van der Waals surface area contributed by atoms with Crippen molar-refractivity contribution in [1.82, 2.24) is 0 Å². The van der Waals surface area contributed by atoms with E-state index in [4.69, 9.17) is 0 Å². The molecule has 1 aromatic rings. The number of benzene rings is 1. The summed E-state index contributed by atoms with van der Waals surface area (Å²) in [6.07, 6.45) is 8.63. The Hall–Kier alpha value is -1.30. The van der Waals surface area contributed by atoms with Crippen molar-refractivity contribution in [3.05, 3.63) is 54.6 Å². The maximum atomic E-state index is 3.74. The molecule has 1 aromatic carbocycles. The summed E-state index contributed by atoms with van der Waals surface area (Å²) in [5.74, 6) is 0.701. The van der Waals surface area contributed by atoms with Gasteiger partial charge in [-0.2, -0.15) is 0 Å². The molecule has 1 rings (SSSR count). The number of hydrogen-bond acceptors (Lipinski definition) is 0. The molecule has 0 bridgehead atoms. The van der Waals surface area contributed by atoms with Crippen molar-refractivity contribution in [3.63, 3.8) is 0 Å². The Morgan fingerprint density at radius 2 is 1.93 bits per heavy atom. The van der Waals surface area contributed by atoms with Crippen LogP contribution in [0.5, 0.6) is 0 Å². The second-order valence-corrected chi connectivity index (χ2v) is 3.68. The van der Waals surface area contributed by atoms with Crippen molar-refractivity contribution in [1.29, 1.82) is 0 Å². The van der Waals surface area contributed by atoms with Gasteiger partial charge in [-0.3, -0.25) is 0 Å². The van der Waals surface area contributed by atoms with Gasteiger partial charge in [-0.1, -0.05) is 55.5 Å². The fourth-order valence-corrected chi connectivity index (χ4v) is 1.38. The smallest absolute Gasteiger partial charge is 0.0260 e. The van der Waals surface area contributed by atoms with Crippen LogP contribution in [-0.2, 0) is 0 Å². The highest BCUT2D eigenvalue weighted by molar-refractivity contribution is 5.48. The van der Waals surface area contributed by atoms with Gasteiger partial charge in [0, 0.05) is 0 Å². The first-order chi connectivity index (χ1) is 6.83. The van der Waals surface area contributed by atoms with E-state index in [1.807, 2.05) is 12.1 Å². The average Bonchev–Trinajstić information content (AvgIpc) is 2.20. The van der Waals surface area contributed by atoms with E-state index in [0.29, 0.717) is 5.92 Å². The summed E-state index contributed by atoms with van der Waals surface area (Å²) in [6, 6.07) is 10.4. The lowest BCUT2D eigenvalue weighted by Gasteiger charge is -2.02. The second kappa shape index (κ2) is 6.20. The van der Waals surface area contributed by atoms with Crippen LogP contribution in [0.1, 0.15) is 25.3 Å². The highest BCUT2D eigenvalue weighted by atomic mass is 14.0. The fourth-order valence-electron chi connectivity index (χ4n) is 1.38. The molecule has 0 aromatic heterocycles. The molecule has 0 aliphatic heterocycles. The molecule has 1 atom stereocenters. The predicted octanol–water partition coefficient (Wildman–Crippen LogP) is 4.30. The summed E-state index contributed by atoms with van der Waals surface area (Å²) in [5.41, 5.74) is 1.28. The van der Waals surface area contributed by atoms with Crippen LogP contribution in [0.15, 0.2) is 49.1 Å². The first kappa shape index (κ1) is 10.8. The summed E-state index contributed by atoms with van der Waals surface area (Å²) in [4.78, 5) is 0. The summed E-state index contributed by atoms with van der Waals surface area (Å²) >= 11 is 0. The highest BCUT2D eigenvalue weighted by Crippen LogP contribution is 2.10. The molecule has 0 saturated heterocycles. The molecule has 14 heavy (non-hydrogen) atoms. The molecule has 74 valence electrons. The van der Waals surface area contributed by atoms with Gasteiger partial charge in [-0.05, 0) is 24.3 Å². The Kier molecular flexibility index (Phi) is 4.77. The van der Waals surface area contributed by atoms with Crippen LogP contribution in [-0.4, -0.2) is 0 Å². The monoisotopic (exact) mass is 186 g/mol. The number of hydrogen-bond donors (Lipinski definition) is 0. The largest absolute Gasteiger partial charge is 0.103 e. The Morgan fingerprint density at radius 1 is 1.21 bits per heavy atom. The molecule has 1 unspecified atom stereocenters. The molecular formula is C14H18. The zero-order valence-electron chi connectivity index (χ0n) is 8.82. The first-order valence-corrected chi connectivity index (χ1v) is 5.15. The van der Waals surface area contributed by atoms with Gasteiger partial charge in [0.2, 0.25) is 0 Å². The average molecular weight is 186 g/mol. The lowest BCUT2D eigenvalue weighted by Crippen LogP contribution is -1.88. The minimum atomic E-state index is 0.701. The van der Waals surface area contributed by atoms with Crippen LogP contribution >= 0.6 is 0 Å². The molecule has 0 spiro atoms. The predicted molar refractivity (Wildman–Crippen MR) is 64.1 cm³/mol. The summed E-state index contributed by atoms with van der Waals surface area (Å²) in [7, 11) is 0. The van der Waals surface area contributed by atoms with E-state index in [1.54, 1.807) is 0 Å². The van der Waals surface area contributed by atoms with Crippen LogP contribution in [0.2, 0.25) is 0 Å². The third-order valence-electron chi connectivity index (χ3n) is 2.22. The third kappa shape index (κ3) is 4.08. The van der Waals surface area contributed by atoms with Crippen molar-refractivity contribution in [3.8, 4) is 0 Å². The molecule has 0 N–H and O–H groups in total. The van der Waals surface area contributed by atoms with Gasteiger partial charge in [0.05, 0.1) is 0 Å². The second-order valence-electron chi connectivity index (χ2n) is 3.68. The van der Waals surface area contributed by atoms with Gasteiger partial charge in [-0.25, -0.2) is 0 Å². The number of rotatable bonds is 5. The van der Waals surface area contributed by atoms with Crippen molar-refractivity contribution in [2.45, 2.75) is 19.8 Å². The van der Waals surface area contributed by atoms with Crippen LogP contribution in [0, 0.1) is 5.92 Å². The van der Waals surface area contributed by atoms with Gasteiger partial charge in [0.15, 0.2) is 0 Å². The minimum absolute atomic E-state index is 0.701. The zero-order valence-corrected chi connectivity index (χ0v) is 8.82. The summed E-state index contributed by atoms with van der Waals surface area (Å²) in [5, 5.41) is 0. The maximum Gasteiger partial charge on any atom is -0.0260 e. The number of allylic oxidation sites excluding steroid dienone is 2. The molecule has 0 radical (unpaired) electrons. The summed E-state index contributed by atoms with van der Waals surface area (Å²) in [6.45, 7) is 5.99. The van der Waals surface area contributed by atoms with E-state index in [0.717, 1.165) is 12.8 Å². The zero-order chi connectivity index (χ0) is 10.2. The van der Waals surface area contributed by atoms with E-state index in [9.17, 15) is 0 Å². The molecule has 0 aliphatic rings. The lowest BCUT2D eigenvalue weighted by molar-refractivity contribution is 0.605. The lowest BCUT2D eigenvalue weighted by atomic mass is 10.0. The van der Waals surface area contributed by atoms with Crippen LogP contribution < -0.4 is 0 Å². The fraction of sp³-hybridized carbons (Fsp3) is 0.286. The van der Waals surface area contributed by atoms with Crippen LogP contribution in [0.4, 0.5) is 0 Å².